The quantitative estimate of drug-likeness (QED) is 0.0523. The summed E-state index contributed by atoms with van der Waals surface area (Å²) < 4.78 is 45.5. The van der Waals surface area contributed by atoms with Gasteiger partial charge in [-0.05, 0) is 0 Å². The van der Waals surface area contributed by atoms with Gasteiger partial charge in [-0.3, -0.25) is 0 Å². The second kappa shape index (κ2) is 18.9. The van der Waals surface area contributed by atoms with E-state index in [0.29, 0.717) is 6.42 Å². The molecule has 3 atom stereocenters. The zero-order chi connectivity index (χ0) is 32.8. The van der Waals surface area contributed by atoms with Crippen LogP contribution in [0.25, 0.3) is 0 Å². The number of sulfonamides is 1. The predicted molar refractivity (Wildman–Crippen MR) is 182 cm³/mol. The number of benzene rings is 1. The Morgan fingerprint density at radius 3 is 1.68 bits per heavy atom. The van der Waals surface area contributed by atoms with Gasteiger partial charge in [-0.15, -0.1) is 0 Å². The summed E-state index contributed by atoms with van der Waals surface area (Å²) in [5.74, 6) is -1.47. The third-order valence-corrected chi connectivity index (χ3v) is 28.8. The van der Waals surface area contributed by atoms with Crippen LogP contribution in [-0.2, 0) is 29.1 Å². The molecule has 252 valence electrons. The van der Waals surface area contributed by atoms with Gasteiger partial charge in [-0.1, -0.05) is 0 Å². The van der Waals surface area contributed by atoms with Gasteiger partial charge in [0.15, 0.2) is 0 Å². The number of hydrogen-bond acceptors (Lipinski definition) is 6. The van der Waals surface area contributed by atoms with Crippen molar-refractivity contribution in [2.24, 2.45) is 11.3 Å². The molecule has 1 aliphatic carbocycles. The summed E-state index contributed by atoms with van der Waals surface area (Å²) in [6.45, 7) is 14.6. The van der Waals surface area contributed by atoms with Gasteiger partial charge < -0.3 is 0 Å². The Morgan fingerprint density at radius 2 is 1.25 bits per heavy atom. The van der Waals surface area contributed by atoms with Gasteiger partial charge in [0, 0.05) is 0 Å². The molecule has 0 heterocycles. The molecule has 0 saturated heterocycles. The van der Waals surface area contributed by atoms with Crippen LogP contribution in [0.15, 0.2) is 29.2 Å². The van der Waals surface area contributed by atoms with Crippen molar-refractivity contribution in [1.82, 2.24) is 4.72 Å². The fourth-order valence-electron chi connectivity index (χ4n) is 7.45. The Balaban J connectivity index is 2.80. The summed E-state index contributed by atoms with van der Waals surface area (Å²) in [5.41, 5.74) is -0.463. The van der Waals surface area contributed by atoms with E-state index in [9.17, 15) is 18.0 Å². The average Bonchev–Trinajstić information content (AvgIpc) is 3.71. The van der Waals surface area contributed by atoms with E-state index in [2.05, 4.69) is 32.4 Å². The molecular weight excluding hydrogens is 681 g/mol. The third-order valence-electron chi connectivity index (χ3n) is 9.68. The summed E-state index contributed by atoms with van der Waals surface area (Å²) in [6.07, 6.45) is 10.9. The Bertz CT molecular complexity index is 1080. The van der Waals surface area contributed by atoms with Crippen molar-refractivity contribution in [2.75, 3.05) is 13.2 Å². The summed E-state index contributed by atoms with van der Waals surface area (Å²) >= 11 is -3.36. The molecule has 0 radical (unpaired) electrons. The first-order valence-corrected chi connectivity index (χ1v) is 26.7. The molecule has 7 nitrogen and oxygen atoms in total. The Morgan fingerprint density at radius 1 is 0.773 bits per heavy atom. The summed E-state index contributed by atoms with van der Waals surface area (Å²) in [6, 6.07) is 6.31. The fourth-order valence-corrected chi connectivity index (χ4v) is 29.9. The number of nitrogens with one attached hydrogen (secondary N) is 1. The molecule has 2 rings (SSSR count). The Kier molecular flexibility index (Phi) is 16.8. The second-order valence-corrected chi connectivity index (χ2v) is 28.4. The van der Waals surface area contributed by atoms with Crippen molar-refractivity contribution in [3.05, 3.63) is 29.8 Å². The summed E-state index contributed by atoms with van der Waals surface area (Å²) in [7, 11) is -3.90. The van der Waals surface area contributed by atoms with E-state index >= 15 is 0 Å². The van der Waals surface area contributed by atoms with Crippen molar-refractivity contribution in [1.29, 1.82) is 0 Å². The van der Waals surface area contributed by atoms with E-state index in [4.69, 9.17) is 9.47 Å². The van der Waals surface area contributed by atoms with Gasteiger partial charge in [0.25, 0.3) is 0 Å². The van der Waals surface area contributed by atoms with Crippen molar-refractivity contribution < 1.29 is 27.5 Å². The zero-order valence-corrected chi connectivity index (χ0v) is 32.4. The maximum absolute atomic E-state index is 14.2. The number of esters is 2. The average molecular weight is 743 g/mol. The second-order valence-electron chi connectivity index (χ2n) is 12.9. The number of aryl methyl sites for hydroxylation is 1. The van der Waals surface area contributed by atoms with Crippen LogP contribution in [0, 0.1) is 18.3 Å². The van der Waals surface area contributed by atoms with Crippen molar-refractivity contribution in [3.63, 3.8) is 0 Å². The van der Waals surface area contributed by atoms with Gasteiger partial charge in [-0.2, -0.15) is 0 Å². The van der Waals surface area contributed by atoms with Crippen LogP contribution in [0.3, 0.4) is 0 Å². The molecule has 1 N–H and O–H groups in total. The van der Waals surface area contributed by atoms with Crippen LogP contribution in [0.4, 0.5) is 0 Å². The molecule has 1 aliphatic rings. The van der Waals surface area contributed by atoms with Gasteiger partial charge >= 0.3 is 274 Å². The molecule has 1 fully saturated rings. The standard InChI is InChI=1S/C23H34NO6S.3C4H9.Sn/c1-5-8-9-10-11-20(24-31(27,28)18-14-12-17(4)13-15-18)19-16-23(19,21(25)29-6-2)22(26)30-7-3;3*1-3-4-2;/h12-16,19-20,24H,5-11H2,1-4H3;3*1,3-4H2,2H3;/t19-,20+;;;;/m0..../s1. The van der Waals surface area contributed by atoms with Crippen LogP contribution >= 0.6 is 0 Å². The molecule has 1 aromatic carbocycles. The van der Waals surface area contributed by atoms with Crippen molar-refractivity contribution in [2.45, 2.75) is 147 Å². The number of hydrogen-bond donors (Lipinski definition) is 1. The normalized spacial score (nSPS) is 18.5. The van der Waals surface area contributed by atoms with Crippen molar-refractivity contribution >= 4 is 40.3 Å². The first kappa shape index (κ1) is 39.0. The molecule has 0 aliphatic heterocycles. The van der Waals surface area contributed by atoms with Crippen LogP contribution in [0.1, 0.15) is 118 Å². The van der Waals surface area contributed by atoms with E-state index in [1.807, 2.05) is 6.92 Å². The van der Waals surface area contributed by atoms with Crippen LogP contribution in [-0.4, -0.2) is 58.0 Å². The van der Waals surface area contributed by atoms with E-state index in [1.54, 1.807) is 38.1 Å². The molecule has 0 aromatic heterocycles. The monoisotopic (exact) mass is 743 g/mol. The van der Waals surface area contributed by atoms with Crippen molar-refractivity contribution in [3.8, 4) is 0 Å². The minimum absolute atomic E-state index is 0.156. The molecule has 9 heteroatoms. The minimum atomic E-state index is -3.90. The summed E-state index contributed by atoms with van der Waals surface area (Å²) in [4.78, 5) is 28.6. The molecule has 1 saturated carbocycles. The summed E-state index contributed by atoms with van der Waals surface area (Å²) in [5, 5.41) is 0. The van der Waals surface area contributed by atoms with E-state index < -0.39 is 57.7 Å². The van der Waals surface area contributed by atoms with Gasteiger partial charge in [0.05, 0.1) is 0 Å². The van der Waals surface area contributed by atoms with Gasteiger partial charge in [0.1, 0.15) is 0 Å². The predicted octanol–water partition coefficient (Wildman–Crippen LogP) is 8.57. The number of rotatable bonds is 23. The van der Waals surface area contributed by atoms with E-state index in [1.165, 1.54) is 0 Å². The van der Waals surface area contributed by atoms with E-state index in [-0.39, 0.29) is 22.0 Å². The maximum atomic E-state index is 14.2. The molecular formula is C35H61NO6SSn. The SMILES string of the molecule is CCCCCC[C@@H](NS(=O)(=O)c1ccc(C)cc1)[C@@H]1[C@H]([Sn]([CH2]CCC)([CH2]CCC)[CH2]CCC)C1(C(=O)OCC)C(=O)OCC. The number of carbonyl (C=O) groups is 2. The third kappa shape index (κ3) is 9.46. The van der Waals surface area contributed by atoms with Crippen LogP contribution in [0.2, 0.25) is 17.2 Å². The van der Waals surface area contributed by atoms with Crippen LogP contribution < -0.4 is 4.72 Å². The first-order valence-electron chi connectivity index (χ1n) is 17.5. The Labute approximate surface area is 272 Å². The van der Waals surface area contributed by atoms with E-state index in [0.717, 1.165) is 83.1 Å². The topological polar surface area (TPSA) is 98.8 Å². The fraction of sp³-hybridized carbons (Fsp3) is 0.771. The van der Waals surface area contributed by atoms with Gasteiger partial charge in [-0.25, -0.2) is 0 Å². The van der Waals surface area contributed by atoms with Gasteiger partial charge in [0.2, 0.25) is 0 Å². The molecule has 0 amide bonds. The van der Waals surface area contributed by atoms with Crippen LogP contribution in [0.5, 0.6) is 0 Å². The molecule has 1 aromatic rings. The number of carbonyl (C=O) groups excluding carboxylic acids is 2. The molecule has 0 spiro atoms. The Hall–Kier alpha value is -1.13. The zero-order valence-electron chi connectivity index (χ0n) is 28.7. The molecule has 0 unspecified atom stereocenters. The number of ether oxygens (including phenoxy) is 2. The molecule has 44 heavy (non-hydrogen) atoms. The first-order chi connectivity index (χ1) is 21.1. The molecule has 0 bridgehead atoms. The number of unbranched alkanes of at least 4 members (excludes halogenated alkanes) is 6.